The van der Waals surface area contributed by atoms with Crippen molar-refractivity contribution in [2.24, 2.45) is 0 Å². The van der Waals surface area contributed by atoms with Gasteiger partial charge in [0.1, 0.15) is 0 Å². The Morgan fingerprint density at radius 3 is 2.79 bits per heavy atom. The molecule has 1 amide bonds. The molecule has 1 fully saturated rings. The van der Waals surface area contributed by atoms with Gasteiger partial charge in [-0.05, 0) is 17.3 Å². The average molecular weight is 277 g/mol. The molecule has 1 aromatic rings. The van der Waals surface area contributed by atoms with Crippen LogP contribution in [0.2, 0.25) is 0 Å². The van der Waals surface area contributed by atoms with Gasteiger partial charge in [0.25, 0.3) is 11.0 Å². The summed E-state index contributed by atoms with van der Waals surface area (Å²) in [7, 11) is 0. The topological polar surface area (TPSA) is 58.4 Å². The summed E-state index contributed by atoms with van der Waals surface area (Å²) in [6, 6.07) is 9.51. The number of fused-ring (bicyclic) bond motifs is 1. The molecule has 3 rings (SSSR count). The summed E-state index contributed by atoms with van der Waals surface area (Å²) in [6.07, 6.45) is 0.654. The predicted molar refractivity (Wildman–Crippen MR) is 70.5 cm³/mol. The highest BCUT2D eigenvalue weighted by atomic mass is 32.2. The summed E-state index contributed by atoms with van der Waals surface area (Å²) in [6.45, 7) is 1.34. The van der Waals surface area contributed by atoms with Gasteiger partial charge < -0.3 is 5.32 Å². The van der Waals surface area contributed by atoms with Gasteiger partial charge in [-0.25, -0.2) is 4.79 Å². The van der Waals surface area contributed by atoms with Crippen molar-refractivity contribution < 1.29 is 19.2 Å². The smallest absolute Gasteiger partial charge is 0.331 e. The van der Waals surface area contributed by atoms with Gasteiger partial charge in [-0.15, -0.1) is 0 Å². The summed E-state index contributed by atoms with van der Waals surface area (Å²) >= 11 is 1.54. The molecule has 98 valence electrons. The Balaban J connectivity index is 1.87. The van der Waals surface area contributed by atoms with Crippen molar-refractivity contribution >= 4 is 28.7 Å². The third-order valence-corrected chi connectivity index (χ3v) is 4.25. The monoisotopic (exact) mass is 277 g/mol. The van der Waals surface area contributed by atoms with Crippen LogP contribution in [0, 0.1) is 0 Å². The Morgan fingerprint density at radius 2 is 2.16 bits per heavy atom. The highest BCUT2D eigenvalue weighted by Gasteiger charge is 2.59. The molecule has 19 heavy (non-hydrogen) atoms. The van der Waals surface area contributed by atoms with Crippen molar-refractivity contribution in [2.75, 3.05) is 0 Å². The number of amides is 1. The lowest BCUT2D eigenvalue weighted by molar-refractivity contribution is -0.776. The molecule has 2 heterocycles. The van der Waals surface area contributed by atoms with E-state index in [1.54, 1.807) is 11.8 Å². The Bertz CT molecular complexity index is 571. The minimum absolute atomic E-state index is 0.00874. The fourth-order valence-electron chi connectivity index (χ4n) is 2.16. The van der Waals surface area contributed by atoms with E-state index in [4.69, 9.17) is 4.84 Å². The van der Waals surface area contributed by atoms with Gasteiger partial charge in [-0.2, -0.15) is 4.84 Å². The van der Waals surface area contributed by atoms with E-state index in [1.165, 1.54) is 11.7 Å². The van der Waals surface area contributed by atoms with E-state index in [0.29, 0.717) is 6.42 Å². The van der Waals surface area contributed by atoms with Crippen LogP contribution in [-0.4, -0.2) is 33.1 Å². The zero-order chi connectivity index (χ0) is 13.4. The van der Waals surface area contributed by atoms with Crippen molar-refractivity contribution in [2.45, 2.75) is 24.8 Å². The maximum Gasteiger partial charge on any atom is 0.376 e. The summed E-state index contributed by atoms with van der Waals surface area (Å²) in [5.74, 6) is -0.506. The van der Waals surface area contributed by atoms with Crippen LogP contribution < -0.4 is 5.32 Å². The van der Waals surface area contributed by atoms with Crippen LogP contribution >= 0.6 is 11.8 Å². The zero-order valence-electron chi connectivity index (χ0n) is 10.3. The number of β-lactam (4-membered cyclic amide) rings is 1. The van der Waals surface area contributed by atoms with E-state index in [1.807, 2.05) is 30.3 Å². The van der Waals surface area contributed by atoms with E-state index < -0.39 is 5.97 Å². The second kappa shape index (κ2) is 4.70. The lowest BCUT2D eigenvalue weighted by Gasteiger charge is -2.23. The van der Waals surface area contributed by atoms with E-state index in [2.05, 4.69) is 5.32 Å². The molecule has 1 N–H and O–H groups in total. The second-order valence-electron chi connectivity index (χ2n) is 4.46. The number of hydrogen-bond acceptors (Lipinski definition) is 4. The Labute approximate surface area is 114 Å². The zero-order valence-corrected chi connectivity index (χ0v) is 11.1. The molecule has 0 bridgehead atoms. The van der Waals surface area contributed by atoms with Crippen LogP contribution in [0.4, 0.5) is 0 Å². The predicted octanol–water partition coefficient (Wildman–Crippen LogP) is 0.689. The SMILES string of the molecule is CC(=O)O[N+]1=C(Cc2ccccc2)SC2NC(=O)C21. The van der Waals surface area contributed by atoms with E-state index in [9.17, 15) is 9.59 Å². The van der Waals surface area contributed by atoms with E-state index in [-0.39, 0.29) is 17.3 Å². The van der Waals surface area contributed by atoms with Gasteiger partial charge in [-0.3, -0.25) is 4.79 Å². The standard InChI is InChI=1S/C13H12N2O3S/c1-8(16)18-15-10(7-9-5-3-2-4-6-9)19-13-11(15)12(17)14-13/h2-6,11,13H,7H2,1H3/p+1. The Morgan fingerprint density at radius 1 is 1.42 bits per heavy atom. The number of carbonyl (C=O) groups excluding carboxylic acids is 2. The molecule has 2 atom stereocenters. The molecule has 0 aromatic heterocycles. The first kappa shape index (κ1) is 12.2. The van der Waals surface area contributed by atoms with Gasteiger partial charge in [-0.1, -0.05) is 30.3 Å². The van der Waals surface area contributed by atoms with Gasteiger partial charge >= 0.3 is 12.0 Å². The third kappa shape index (κ3) is 2.23. The summed E-state index contributed by atoms with van der Waals surface area (Å²) < 4.78 is 1.46. The maximum atomic E-state index is 11.5. The number of carbonyl (C=O) groups is 2. The molecule has 1 aromatic carbocycles. The summed E-state index contributed by atoms with van der Waals surface area (Å²) in [5.41, 5.74) is 1.12. The normalized spacial score (nSPS) is 24.6. The Kier molecular flexibility index (Phi) is 3.02. The first-order valence-electron chi connectivity index (χ1n) is 6.00. The molecular formula is C13H13N2O3S+. The number of hydroxylamine groups is 1. The van der Waals surface area contributed by atoms with Gasteiger partial charge in [0.2, 0.25) is 0 Å². The number of thioether (sulfide) groups is 1. The number of nitrogens with zero attached hydrogens (tertiary/aromatic N) is 1. The molecule has 6 heteroatoms. The van der Waals surface area contributed by atoms with Crippen LogP contribution in [0.5, 0.6) is 0 Å². The molecule has 0 aliphatic carbocycles. The van der Waals surface area contributed by atoms with Crippen molar-refractivity contribution in [1.82, 2.24) is 5.32 Å². The first-order valence-corrected chi connectivity index (χ1v) is 6.87. The molecule has 5 nitrogen and oxygen atoms in total. The van der Waals surface area contributed by atoms with Crippen LogP contribution in [0.1, 0.15) is 12.5 Å². The van der Waals surface area contributed by atoms with E-state index >= 15 is 0 Å². The van der Waals surface area contributed by atoms with Crippen molar-refractivity contribution in [1.29, 1.82) is 0 Å². The Hall–Kier alpha value is -1.82. The van der Waals surface area contributed by atoms with Crippen molar-refractivity contribution in [3.8, 4) is 0 Å². The van der Waals surface area contributed by atoms with Crippen LogP contribution in [-0.2, 0) is 20.8 Å². The highest BCUT2D eigenvalue weighted by Crippen LogP contribution is 2.32. The third-order valence-electron chi connectivity index (χ3n) is 3.03. The maximum absolute atomic E-state index is 11.5. The molecule has 2 unspecified atom stereocenters. The van der Waals surface area contributed by atoms with Gasteiger partial charge in [0, 0.05) is 11.7 Å². The summed E-state index contributed by atoms with van der Waals surface area (Å²) in [4.78, 5) is 27.9. The fraction of sp³-hybridized carbons (Fsp3) is 0.308. The van der Waals surface area contributed by atoms with Crippen LogP contribution in [0.15, 0.2) is 30.3 Å². The molecule has 2 aliphatic rings. The number of hydrogen-bond donors (Lipinski definition) is 1. The van der Waals surface area contributed by atoms with Gasteiger partial charge in [0.15, 0.2) is 5.37 Å². The molecule has 0 radical (unpaired) electrons. The van der Waals surface area contributed by atoms with Gasteiger partial charge in [0.05, 0.1) is 6.42 Å². The summed E-state index contributed by atoms with van der Waals surface area (Å²) in [5, 5.41) is 3.67. The number of benzene rings is 1. The minimum atomic E-state index is -0.411. The van der Waals surface area contributed by atoms with Crippen molar-refractivity contribution in [3.63, 3.8) is 0 Å². The van der Waals surface area contributed by atoms with E-state index in [0.717, 1.165) is 10.6 Å². The average Bonchev–Trinajstić information content (AvgIpc) is 2.62. The lowest BCUT2D eigenvalue weighted by atomic mass is 10.1. The quantitative estimate of drug-likeness (QED) is 0.502. The molecule has 0 saturated carbocycles. The molecular weight excluding hydrogens is 264 g/mol. The molecule has 1 saturated heterocycles. The second-order valence-corrected chi connectivity index (χ2v) is 5.67. The number of nitrogens with one attached hydrogen (secondary N) is 1. The minimum Gasteiger partial charge on any atom is -0.331 e. The number of rotatable bonds is 3. The van der Waals surface area contributed by atoms with Crippen molar-refractivity contribution in [3.05, 3.63) is 35.9 Å². The van der Waals surface area contributed by atoms with Crippen LogP contribution in [0.25, 0.3) is 0 Å². The van der Waals surface area contributed by atoms with Crippen LogP contribution in [0.3, 0.4) is 0 Å². The lowest BCUT2D eigenvalue weighted by Crippen LogP contribution is -2.62. The first-order chi connectivity index (χ1) is 9.15. The molecule has 0 spiro atoms. The fourth-order valence-corrected chi connectivity index (χ4v) is 3.50. The molecule has 2 aliphatic heterocycles. The largest absolute Gasteiger partial charge is 0.376 e. The highest BCUT2D eigenvalue weighted by molar-refractivity contribution is 8.14.